The summed E-state index contributed by atoms with van der Waals surface area (Å²) >= 11 is 0. The van der Waals surface area contributed by atoms with Crippen molar-refractivity contribution in [3.8, 4) is 0 Å². The zero-order valence-electron chi connectivity index (χ0n) is 34.6. The van der Waals surface area contributed by atoms with Crippen LogP contribution < -0.4 is 0 Å². The van der Waals surface area contributed by atoms with Gasteiger partial charge in [0.15, 0.2) is 17.3 Å². The monoisotopic (exact) mass is 816 g/mol. The lowest BCUT2D eigenvalue weighted by Crippen LogP contribution is -2.42. The van der Waals surface area contributed by atoms with Gasteiger partial charge >= 0.3 is 11.9 Å². The number of carbonyl (C=O) groups is 2. The zero-order valence-corrected chi connectivity index (χ0v) is 34.6. The van der Waals surface area contributed by atoms with Crippen molar-refractivity contribution < 1.29 is 53.1 Å². The molecule has 7 atom stereocenters. The van der Waals surface area contributed by atoms with Crippen molar-refractivity contribution in [1.29, 1.82) is 0 Å². The third kappa shape index (κ3) is 14.4. The molecule has 4 bridgehead atoms. The fraction of sp³-hybridized carbons (Fsp3) is 0.478. The van der Waals surface area contributed by atoms with Gasteiger partial charge in [0.2, 0.25) is 5.89 Å². The Balaban J connectivity index is 1.58. The number of allylic oxidation sites excluding steroid dienone is 8. The molecule has 0 amide bonds. The fourth-order valence-corrected chi connectivity index (χ4v) is 6.22. The third-order valence-electron chi connectivity index (χ3n) is 10.6. The Morgan fingerprint density at radius 2 is 1.31 bits per heavy atom. The zero-order chi connectivity index (χ0) is 42.8. The largest absolute Gasteiger partial charge is 0.457 e. The quantitative estimate of drug-likeness (QED) is 0.136. The second-order valence-corrected chi connectivity index (χ2v) is 15.8. The van der Waals surface area contributed by atoms with Crippen LogP contribution in [-0.2, 0) is 20.6 Å². The molecule has 3 heterocycles. The highest BCUT2D eigenvalue weighted by molar-refractivity contribution is 5.87. The van der Waals surface area contributed by atoms with Crippen molar-refractivity contribution in [2.45, 2.75) is 96.7 Å². The molecule has 13 nitrogen and oxygen atoms in total. The molecule has 0 aromatic carbocycles. The van der Waals surface area contributed by atoms with Gasteiger partial charge in [0.25, 0.3) is 0 Å². The number of methoxy groups -OCH3 is 1. The van der Waals surface area contributed by atoms with Gasteiger partial charge in [-0.1, -0.05) is 119 Å². The summed E-state index contributed by atoms with van der Waals surface area (Å²) in [5.74, 6) is -0.287. The molecule has 59 heavy (non-hydrogen) atoms. The first-order valence-corrected chi connectivity index (χ1v) is 20.1. The lowest BCUT2D eigenvalue weighted by molar-refractivity contribution is -0.0462. The summed E-state index contributed by atoms with van der Waals surface area (Å²) < 4.78 is 28.7. The molecule has 0 radical (unpaired) electrons. The first-order valence-electron chi connectivity index (χ1n) is 20.1. The van der Waals surface area contributed by atoms with Crippen molar-refractivity contribution >= 4 is 18.0 Å². The van der Waals surface area contributed by atoms with Gasteiger partial charge in [-0.2, -0.15) is 0 Å². The van der Waals surface area contributed by atoms with Crippen LogP contribution in [0, 0.1) is 22.7 Å². The van der Waals surface area contributed by atoms with Crippen LogP contribution in [0.15, 0.2) is 113 Å². The SMILES string of the molecule is CO[C@H]1/C=C/C=C\C=C/C[C@@H](C(C)(C)[C@@H](O)/C=C/CCO)OC(=O)c2coc(n2)/C=C\C=C\[C@@H]2C[C@@H]2/C=C\C[C@@H](C(C)(C)[C@@H](O)/C=C/CCO)OC(=O)c2coc(n2)C1. The lowest BCUT2D eigenvalue weighted by atomic mass is 9.78. The van der Waals surface area contributed by atoms with Crippen LogP contribution in [0.5, 0.6) is 0 Å². The van der Waals surface area contributed by atoms with Crippen molar-refractivity contribution in [3.05, 3.63) is 127 Å². The number of oxazole rings is 2. The molecule has 4 rings (SSSR count). The van der Waals surface area contributed by atoms with Crippen molar-refractivity contribution in [2.75, 3.05) is 20.3 Å². The van der Waals surface area contributed by atoms with Gasteiger partial charge in [0.1, 0.15) is 24.7 Å². The summed E-state index contributed by atoms with van der Waals surface area (Å²) in [4.78, 5) is 35.4. The summed E-state index contributed by atoms with van der Waals surface area (Å²) in [7, 11) is 1.55. The van der Waals surface area contributed by atoms with Crippen LogP contribution >= 0.6 is 0 Å². The van der Waals surface area contributed by atoms with Gasteiger partial charge in [0, 0.05) is 50.1 Å². The summed E-state index contributed by atoms with van der Waals surface area (Å²) in [5.41, 5.74) is -1.81. The molecule has 1 aliphatic heterocycles. The minimum absolute atomic E-state index is 0.000835. The van der Waals surface area contributed by atoms with E-state index in [-0.39, 0.29) is 55.1 Å². The molecule has 2 aliphatic rings. The maximum Gasteiger partial charge on any atom is 0.360 e. The standard InChI is InChI=1S/C46H60N2O11/c1-45(2,37(51)21-13-15-26-49)39-23-10-8-6-7-9-20-34(55-5)29-42-48-36(31-57-42)44(54)59-40(46(3,4)38(52)22-14-16-27-50)24-17-19-33-28-32(33)18-11-12-25-41-47-35(30-56-41)43(53)58-39/h6-14,17-22,25,30-34,37-40,49-52H,15-16,23-24,26-29H2,1-5H3/b7-6-,10-8-,18-11+,19-17-,20-9+,21-13+,22-14+,25-12-/t32-,33+,34+,37+,38+,39+,40+/m1/s1. The predicted molar refractivity (Wildman–Crippen MR) is 223 cm³/mol. The molecule has 13 heteroatoms. The fourth-order valence-electron chi connectivity index (χ4n) is 6.22. The number of rotatable bonds is 11. The van der Waals surface area contributed by atoms with E-state index < -0.39 is 53.3 Å². The smallest absolute Gasteiger partial charge is 0.360 e. The highest BCUT2D eigenvalue weighted by Crippen LogP contribution is 2.41. The number of hydrogen-bond acceptors (Lipinski definition) is 13. The van der Waals surface area contributed by atoms with E-state index in [4.69, 9.17) is 23.0 Å². The minimum Gasteiger partial charge on any atom is -0.457 e. The number of cyclic esters (lactones) is 2. The number of aromatic nitrogens is 2. The van der Waals surface area contributed by atoms with E-state index in [1.54, 1.807) is 81.7 Å². The van der Waals surface area contributed by atoms with E-state index in [0.29, 0.717) is 25.2 Å². The average molecular weight is 817 g/mol. The summed E-state index contributed by atoms with van der Waals surface area (Å²) in [6.45, 7) is 7.16. The molecule has 1 fully saturated rings. The Labute approximate surface area is 346 Å². The number of aliphatic hydroxyl groups is 4. The van der Waals surface area contributed by atoms with Crippen LogP contribution in [0.1, 0.15) is 92.6 Å². The molecule has 2 aromatic rings. The van der Waals surface area contributed by atoms with Crippen molar-refractivity contribution in [2.24, 2.45) is 22.7 Å². The van der Waals surface area contributed by atoms with Gasteiger partial charge < -0.3 is 43.5 Å². The number of ether oxygens (including phenoxy) is 3. The Morgan fingerprint density at radius 1 is 0.746 bits per heavy atom. The number of aliphatic hydroxyl groups excluding tert-OH is 4. The molecule has 1 aliphatic carbocycles. The number of esters is 2. The first kappa shape index (κ1) is 46.8. The molecule has 320 valence electrons. The molecule has 0 unspecified atom stereocenters. The molecular formula is C46H60N2O11. The maximum absolute atomic E-state index is 13.4. The van der Waals surface area contributed by atoms with Crippen LogP contribution in [-0.4, -0.2) is 93.2 Å². The molecular weight excluding hydrogens is 757 g/mol. The van der Waals surface area contributed by atoms with Crippen LogP contribution in [0.25, 0.3) is 6.08 Å². The second kappa shape index (κ2) is 23.0. The van der Waals surface area contributed by atoms with E-state index in [1.165, 1.54) is 12.5 Å². The van der Waals surface area contributed by atoms with E-state index in [1.807, 2.05) is 38.2 Å². The van der Waals surface area contributed by atoms with Crippen LogP contribution in [0.3, 0.4) is 0 Å². The Morgan fingerprint density at radius 3 is 1.93 bits per heavy atom. The van der Waals surface area contributed by atoms with Gasteiger partial charge in [-0.15, -0.1) is 0 Å². The normalized spacial score (nSPS) is 27.2. The number of hydrogen-bond donors (Lipinski definition) is 4. The van der Waals surface area contributed by atoms with Gasteiger partial charge in [-0.05, 0) is 31.1 Å². The van der Waals surface area contributed by atoms with Crippen LogP contribution in [0.4, 0.5) is 0 Å². The van der Waals surface area contributed by atoms with E-state index in [0.717, 1.165) is 6.42 Å². The van der Waals surface area contributed by atoms with Gasteiger partial charge in [-0.25, -0.2) is 19.6 Å². The predicted octanol–water partition coefficient (Wildman–Crippen LogP) is 6.85. The summed E-state index contributed by atoms with van der Waals surface area (Å²) in [6, 6.07) is 0. The molecule has 0 saturated heterocycles. The first-order chi connectivity index (χ1) is 28.3. The Hall–Kier alpha value is -4.92. The highest BCUT2D eigenvalue weighted by atomic mass is 16.6. The summed E-state index contributed by atoms with van der Waals surface area (Å²) in [6.07, 6.45) is 30.1. The van der Waals surface area contributed by atoms with Crippen molar-refractivity contribution in [3.63, 3.8) is 0 Å². The number of carbonyl (C=O) groups excluding carboxylic acids is 2. The molecule has 4 N–H and O–H groups in total. The molecule has 0 spiro atoms. The topological polar surface area (TPSA) is 195 Å². The van der Waals surface area contributed by atoms with Crippen LogP contribution in [0.2, 0.25) is 0 Å². The Bertz CT molecular complexity index is 1870. The third-order valence-corrected chi connectivity index (χ3v) is 10.6. The second-order valence-electron chi connectivity index (χ2n) is 15.8. The maximum atomic E-state index is 13.4. The van der Waals surface area contributed by atoms with Gasteiger partial charge in [0.05, 0.1) is 24.7 Å². The Kier molecular flexibility index (Phi) is 18.2. The van der Waals surface area contributed by atoms with Gasteiger partial charge in [-0.3, -0.25) is 0 Å². The average Bonchev–Trinajstić information content (AvgIpc) is 3.52. The van der Waals surface area contributed by atoms with E-state index in [2.05, 4.69) is 22.1 Å². The number of nitrogens with zero attached hydrogens (tertiary/aromatic N) is 2. The minimum atomic E-state index is -0.976. The molecule has 1 saturated carbocycles. The lowest BCUT2D eigenvalue weighted by Gasteiger charge is -2.36. The van der Waals surface area contributed by atoms with Crippen molar-refractivity contribution in [1.82, 2.24) is 9.97 Å². The number of fused-ring (bicyclic) bond motifs is 5. The van der Waals surface area contributed by atoms with E-state index in [9.17, 15) is 30.0 Å². The summed E-state index contributed by atoms with van der Waals surface area (Å²) in [5, 5.41) is 40.5. The van der Waals surface area contributed by atoms with E-state index >= 15 is 0 Å². The molecule has 2 aromatic heterocycles. The highest BCUT2D eigenvalue weighted by Gasteiger charge is 2.40.